The summed E-state index contributed by atoms with van der Waals surface area (Å²) in [7, 11) is 0. The highest BCUT2D eigenvalue weighted by molar-refractivity contribution is 9.10. The van der Waals surface area contributed by atoms with Crippen LogP contribution in [0, 0.1) is 0 Å². The Kier molecular flexibility index (Phi) is 2.48. The van der Waals surface area contributed by atoms with E-state index < -0.39 is 0 Å². The van der Waals surface area contributed by atoms with Crippen LogP contribution in [0.1, 0.15) is 18.4 Å². The van der Waals surface area contributed by atoms with Crippen LogP contribution in [-0.2, 0) is 5.41 Å². The van der Waals surface area contributed by atoms with E-state index in [1.807, 2.05) is 0 Å². The fourth-order valence-corrected chi connectivity index (χ4v) is 2.75. The third-order valence-corrected chi connectivity index (χ3v) is 4.14. The topological polar surface area (TPSA) is 64.7 Å². The molecule has 1 saturated carbocycles. The number of hydrogen-bond donors (Lipinski definition) is 2. The predicted molar refractivity (Wildman–Crippen MR) is 66.8 cm³/mol. The van der Waals surface area contributed by atoms with E-state index in [-0.39, 0.29) is 11.2 Å². The van der Waals surface area contributed by atoms with E-state index in [4.69, 9.17) is 15.2 Å². The summed E-state index contributed by atoms with van der Waals surface area (Å²) in [6, 6.07) is 1.75. The molecule has 17 heavy (non-hydrogen) atoms. The maximum absolute atomic E-state index is 10.2. The van der Waals surface area contributed by atoms with Gasteiger partial charge in [-0.1, -0.05) is 0 Å². The van der Waals surface area contributed by atoms with Crippen LogP contribution in [0.3, 0.4) is 0 Å². The molecule has 3 rings (SSSR count). The van der Waals surface area contributed by atoms with E-state index in [9.17, 15) is 5.11 Å². The summed E-state index contributed by atoms with van der Waals surface area (Å²) >= 11 is 3.35. The first-order valence-electron chi connectivity index (χ1n) is 5.69. The fourth-order valence-electron chi connectivity index (χ4n) is 2.34. The van der Waals surface area contributed by atoms with Crippen molar-refractivity contribution < 1.29 is 14.6 Å². The van der Waals surface area contributed by atoms with Crippen LogP contribution >= 0.6 is 15.9 Å². The van der Waals surface area contributed by atoms with Gasteiger partial charge in [0.15, 0.2) is 11.5 Å². The molecule has 5 heteroatoms. The van der Waals surface area contributed by atoms with Crippen LogP contribution in [0.25, 0.3) is 0 Å². The molecule has 4 nitrogen and oxygen atoms in total. The fraction of sp³-hybridized carbons (Fsp3) is 0.500. The number of nitrogens with two attached hydrogens (primary N) is 1. The lowest BCUT2D eigenvalue weighted by atomic mass is 9.93. The molecule has 0 saturated heterocycles. The first-order valence-corrected chi connectivity index (χ1v) is 6.49. The second-order valence-corrected chi connectivity index (χ2v) is 5.44. The normalized spacial score (nSPS) is 20.1. The van der Waals surface area contributed by atoms with Crippen molar-refractivity contribution in [3.05, 3.63) is 16.1 Å². The third-order valence-electron chi connectivity index (χ3n) is 3.53. The summed E-state index contributed by atoms with van der Waals surface area (Å²) in [6.45, 7) is 1.58. The molecule has 2 aliphatic rings. The SMILES string of the molecule is NCC1(c2c(O)c(Br)cc3c2OCCO3)CC1. The van der Waals surface area contributed by atoms with Crippen molar-refractivity contribution in [2.75, 3.05) is 19.8 Å². The Morgan fingerprint density at radius 3 is 2.71 bits per heavy atom. The van der Waals surface area contributed by atoms with Gasteiger partial charge in [0.05, 0.1) is 4.47 Å². The van der Waals surface area contributed by atoms with Gasteiger partial charge in [0.1, 0.15) is 19.0 Å². The van der Waals surface area contributed by atoms with Crippen LogP contribution in [0.2, 0.25) is 0 Å². The Balaban J connectivity index is 2.21. The molecule has 0 bridgehead atoms. The predicted octanol–water partition coefficient (Wildman–Crippen LogP) is 1.92. The first kappa shape index (κ1) is 11.2. The van der Waals surface area contributed by atoms with Crippen molar-refractivity contribution in [2.24, 2.45) is 5.73 Å². The van der Waals surface area contributed by atoms with Crippen LogP contribution in [0.15, 0.2) is 10.5 Å². The Morgan fingerprint density at radius 2 is 2.06 bits per heavy atom. The maximum Gasteiger partial charge on any atom is 0.168 e. The van der Waals surface area contributed by atoms with Gasteiger partial charge in [0.2, 0.25) is 0 Å². The van der Waals surface area contributed by atoms with Crippen molar-refractivity contribution in [3.8, 4) is 17.2 Å². The molecule has 3 N–H and O–H groups in total. The number of phenols is 1. The van der Waals surface area contributed by atoms with Gasteiger partial charge in [0.25, 0.3) is 0 Å². The van der Waals surface area contributed by atoms with Crippen LogP contribution < -0.4 is 15.2 Å². The lowest BCUT2D eigenvalue weighted by Gasteiger charge is -2.26. The van der Waals surface area contributed by atoms with Gasteiger partial charge in [0, 0.05) is 23.6 Å². The highest BCUT2D eigenvalue weighted by atomic mass is 79.9. The molecule has 1 fully saturated rings. The monoisotopic (exact) mass is 299 g/mol. The molecule has 1 aliphatic carbocycles. The molecule has 0 radical (unpaired) electrons. The quantitative estimate of drug-likeness (QED) is 0.876. The van der Waals surface area contributed by atoms with Gasteiger partial charge in [-0.05, 0) is 28.8 Å². The number of hydrogen-bond acceptors (Lipinski definition) is 4. The molecular weight excluding hydrogens is 286 g/mol. The number of fused-ring (bicyclic) bond motifs is 1. The molecule has 92 valence electrons. The summed E-state index contributed by atoms with van der Waals surface area (Å²) in [4.78, 5) is 0. The Bertz CT molecular complexity index is 471. The Morgan fingerprint density at radius 1 is 1.35 bits per heavy atom. The number of phenolic OH excluding ortho intramolecular Hbond substituents is 1. The van der Waals surface area contributed by atoms with Crippen molar-refractivity contribution >= 4 is 15.9 Å². The van der Waals surface area contributed by atoms with Crippen LogP contribution in [0.5, 0.6) is 17.2 Å². The second kappa shape index (κ2) is 3.78. The van der Waals surface area contributed by atoms with Crippen molar-refractivity contribution in [1.29, 1.82) is 0 Å². The molecule has 1 aromatic carbocycles. The minimum Gasteiger partial charge on any atom is -0.506 e. The van der Waals surface area contributed by atoms with E-state index in [0.29, 0.717) is 35.7 Å². The van der Waals surface area contributed by atoms with Gasteiger partial charge >= 0.3 is 0 Å². The zero-order valence-corrected chi connectivity index (χ0v) is 10.9. The number of benzene rings is 1. The van der Waals surface area contributed by atoms with Crippen molar-refractivity contribution in [2.45, 2.75) is 18.3 Å². The Labute approximate surface area is 108 Å². The molecule has 0 atom stereocenters. The van der Waals surface area contributed by atoms with E-state index >= 15 is 0 Å². The maximum atomic E-state index is 10.2. The van der Waals surface area contributed by atoms with Gasteiger partial charge < -0.3 is 20.3 Å². The smallest absolute Gasteiger partial charge is 0.168 e. The molecular formula is C12H14BrNO3. The van der Waals surface area contributed by atoms with Crippen LogP contribution in [-0.4, -0.2) is 24.9 Å². The largest absolute Gasteiger partial charge is 0.506 e. The number of halogens is 1. The van der Waals surface area contributed by atoms with E-state index in [0.717, 1.165) is 18.4 Å². The molecule has 0 aromatic heterocycles. The minimum atomic E-state index is -0.126. The summed E-state index contributed by atoms with van der Waals surface area (Å²) in [6.07, 6.45) is 1.98. The summed E-state index contributed by atoms with van der Waals surface area (Å²) in [5.41, 5.74) is 6.51. The Hall–Kier alpha value is -0.940. The zero-order chi connectivity index (χ0) is 12.0. The van der Waals surface area contributed by atoms with Gasteiger partial charge in [-0.2, -0.15) is 0 Å². The lowest BCUT2D eigenvalue weighted by molar-refractivity contribution is 0.167. The lowest BCUT2D eigenvalue weighted by Crippen LogP contribution is -2.24. The highest BCUT2D eigenvalue weighted by Crippen LogP contribution is 2.58. The second-order valence-electron chi connectivity index (χ2n) is 4.59. The average molecular weight is 300 g/mol. The van der Waals surface area contributed by atoms with E-state index in [2.05, 4.69) is 15.9 Å². The number of ether oxygens (including phenoxy) is 2. The number of rotatable bonds is 2. The summed E-state index contributed by atoms with van der Waals surface area (Å²) in [5, 5.41) is 10.2. The minimum absolute atomic E-state index is 0.126. The standard InChI is InChI=1S/C12H14BrNO3/c13-7-5-8-11(17-4-3-16-8)9(10(7)15)12(6-14)1-2-12/h5,15H,1-4,6,14H2. The molecule has 1 heterocycles. The van der Waals surface area contributed by atoms with Gasteiger partial charge in [-0.15, -0.1) is 0 Å². The molecule has 0 spiro atoms. The first-order chi connectivity index (χ1) is 8.18. The van der Waals surface area contributed by atoms with E-state index in [1.165, 1.54) is 0 Å². The van der Waals surface area contributed by atoms with Crippen molar-refractivity contribution in [3.63, 3.8) is 0 Å². The molecule has 0 amide bonds. The molecule has 1 aromatic rings. The van der Waals surface area contributed by atoms with E-state index in [1.54, 1.807) is 6.07 Å². The van der Waals surface area contributed by atoms with Crippen molar-refractivity contribution in [1.82, 2.24) is 0 Å². The van der Waals surface area contributed by atoms with Gasteiger partial charge in [-0.25, -0.2) is 0 Å². The zero-order valence-electron chi connectivity index (χ0n) is 9.33. The van der Waals surface area contributed by atoms with Crippen LogP contribution in [0.4, 0.5) is 0 Å². The molecule has 1 aliphatic heterocycles. The third kappa shape index (κ3) is 1.60. The summed E-state index contributed by atoms with van der Waals surface area (Å²) < 4.78 is 11.9. The van der Waals surface area contributed by atoms with Gasteiger partial charge in [-0.3, -0.25) is 0 Å². The molecule has 0 unspecified atom stereocenters. The summed E-state index contributed by atoms with van der Waals surface area (Å²) in [5.74, 6) is 1.59. The highest BCUT2D eigenvalue weighted by Gasteiger charge is 2.48. The average Bonchev–Trinajstić information content (AvgIpc) is 3.11. The number of aromatic hydroxyl groups is 1.